The van der Waals surface area contributed by atoms with Crippen LogP contribution in [0.25, 0.3) is 0 Å². The van der Waals surface area contributed by atoms with E-state index in [4.69, 9.17) is 9.47 Å². The molecule has 1 unspecified atom stereocenters. The molecular formula is C19H30N2O3. The average Bonchev–Trinajstić information content (AvgIpc) is 2.58. The second-order valence-electron chi connectivity index (χ2n) is 6.49. The molecular weight excluding hydrogens is 304 g/mol. The zero-order valence-electron chi connectivity index (χ0n) is 15.1. The first-order chi connectivity index (χ1) is 11.6. The van der Waals surface area contributed by atoms with Gasteiger partial charge in [-0.05, 0) is 64.3 Å². The summed E-state index contributed by atoms with van der Waals surface area (Å²) in [7, 11) is 0. The molecule has 0 radical (unpaired) electrons. The van der Waals surface area contributed by atoms with E-state index in [0.717, 1.165) is 49.4 Å². The van der Waals surface area contributed by atoms with Crippen molar-refractivity contribution in [2.24, 2.45) is 5.41 Å². The van der Waals surface area contributed by atoms with Crippen molar-refractivity contribution in [1.29, 1.82) is 0 Å². The second-order valence-corrected chi connectivity index (χ2v) is 6.49. The summed E-state index contributed by atoms with van der Waals surface area (Å²) in [5.41, 5.74) is 0.849. The fourth-order valence-corrected chi connectivity index (χ4v) is 3.03. The molecule has 24 heavy (non-hydrogen) atoms. The molecule has 1 amide bonds. The Morgan fingerprint density at radius 2 is 2.00 bits per heavy atom. The largest absolute Gasteiger partial charge is 0.490 e. The van der Waals surface area contributed by atoms with E-state index in [0.29, 0.717) is 19.8 Å². The van der Waals surface area contributed by atoms with Gasteiger partial charge in [-0.25, -0.2) is 0 Å². The van der Waals surface area contributed by atoms with Gasteiger partial charge in [-0.3, -0.25) is 4.79 Å². The molecule has 1 fully saturated rings. The smallest absolute Gasteiger partial charge is 0.227 e. The van der Waals surface area contributed by atoms with Gasteiger partial charge in [0.05, 0.1) is 18.6 Å². The number of nitrogens with one attached hydrogen (secondary N) is 2. The maximum Gasteiger partial charge on any atom is 0.227 e. The minimum Gasteiger partial charge on any atom is -0.490 e. The van der Waals surface area contributed by atoms with Crippen LogP contribution in [0.4, 0.5) is 0 Å². The lowest BCUT2D eigenvalue weighted by atomic mass is 9.82. The van der Waals surface area contributed by atoms with Gasteiger partial charge in [0.25, 0.3) is 0 Å². The van der Waals surface area contributed by atoms with Crippen molar-refractivity contribution in [3.8, 4) is 11.5 Å². The predicted octanol–water partition coefficient (Wildman–Crippen LogP) is 2.53. The van der Waals surface area contributed by atoms with Crippen LogP contribution in [0.3, 0.4) is 0 Å². The van der Waals surface area contributed by atoms with Gasteiger partial charge in [-0.15, -0.1) is 0 Å². The minimum atomic E-state index is -0.284. The summed E-state index contributed by atoms with van der Waals surface area (Å²) in [5.74, 6) is 1.69. The summed E-state index contributed by atoms with van der Waals surface area (Å²) in [4.78, 5) is 12.4. The number of hydrogen-bond acceptors (Lipinski definition) is 4. The number of carbonyl (C=O) groups excluding carboxylic acids is 1. The Bertz CT molecular complexity index is 539. The summed E-state index contributed by atoms with van der Waals surface area (Å²) < 4.78 is 11.2. The lowest BCUT2D eigenvalue weighted by Crippen LogP contribution is -2.49. The molecule has 0 saturated carbocycles. The standard InChI is InChI=1S/C19H30N2O3/c1-4-23-16-8-7-15(13-17(16)24-5-2)9-12-21-18(22)19(3)10-6-11-20-14-19/h7-8,13,20H,4-6,9-12,14H2,1-3H3,(H,21,22). The zero-order chi connectivity index (χ0) is 17.4. The van der Waals surface area contributed by atoms with Gasteiger partial charge in [0.1, 0.15) is 0 Å². The SMILES string of the molecule is CCOc1ccc(CCNC(=O)C2(C)CCCNC2)cc1OCC. The van der Waals surface area contributed by atoms with Crippen molar-refractivity contribution in [3.05, 3.63) is 23.8 Å². The number of rotatable bonds is 8. The van der Waals surface area contributed by atoms with Crippen LogP contribution in [-0.4, -0.2) is 38.8 Å². The van der Waals surface area contributed by atoms with Crippen molar-refractivity contribution < 1.29 is 14.3 Å². The van der Waals surface area contributed by atoms with Crippen molar-refractivity contribution in [3.63, 3.8) is 0 Å². The van der Waals surface area contributed by atoms with E-state index in [-0.39, 0.29) is 11.3 Å². The molecule has 2 rings (SSSR count). The summed E-state index contributed by atoms with van der Waals surface area (Å²) in [6.07, 6.45) is 2.78. The van der Waals surface area contributed by atoms with Gasteiger partial charge in [-0.1, -0.05) is 6.07 Å². The third-order valence-electron chi connectivity index (χ3n) is 4.45. The molecule has 5 heteroatoms. The molecule has 1 aliphatic heterocycles. The zero-order valence-corrected chi connectivity index (χ0v) is 15.1. The third-order valence-corrected chi connectivity index (χ3v) is 4.45. The van der Waals surface area contributed by atoms with Crippen molar-refractivity contribution in [2.75, 3.05) is 32.8 Å². The highest BCUT2D eigenvalue weighted by atomic mass is 16.5. The van der Waals surface area contributed by atoms with E-state index >= 15 is 0 Å². The number of piperidine rings is 1. The Labute approximate surface area is 145 Å². The van der Waals surface area contributed by atoms with Gasteiger partial charge in [0.2, 0.25) is 5.91 Å². The summed E-state index contributed by atoms with van der Waals surface area (Å²) in [6.45, 7) is 9.58. The van der Waals surface area contributed by atoms with Crippen LogP contribution in [0, 0.1) is 5.41 Å². The van der Waals surface area contributed by atoms with Crippen LogP contribution in [0.15, 0.2) is 18.2 Å². The van der Waals surface area contributed by atoms with Crippen molar-refractivity contribution in [2.45, 2.75) is 40.0 Å². The van der Waals surface area contributed by atoms with E-state index in [9.17, 15) is 4.79 Å². The molecule has 5 nitrogen and oxygen atoms in total. The van der Waals surface area contributed by atoms with Crippen LogP contribution >= 0.6 is 0 Å². The Morgan fingerprint density at radius 1 is 1.25 bits per heavy atom. The Kier molecular flexibility index (Phi) is 6.91. The topological polar surface area (TPSA) is 59.6 Å². The first-order valence-electron chi connectivity index (χ1n) is 8.96. The molecule has 1 heterocycles. The molecule has 1 aliphatic rings. The highest BCUT2D eigenvalue weighted by Crippen LogP contribution is 2.29. The van der Waals surface area contributed by atoms with Gasteiger partial charge in [-0.2, -0.15) is 0 Å². The van der Waals surface area contributed by atoms with Gasteiger partial charge >= 0.3 is 0 Å². The van der Waals surface area contributed by atoms with E-state index in [2.05, 4.69) is 10.6 Å². The monoisotopic (exact) mass is 334 g/mol. The van der Waals surface area contributed by atoms with Gasteiger partial charge in [0, 0.05) is 13.1 Å². The highest BCUT2D eigenvalue weighted by Gasteiger charge is 2.34. The van der Waals surface area contributed by atoms with Crippen LogP contribution in [0.2, 0.25) is 0 Å². The Hall–Kier alpha value is -1.75. The van der Waals surface area contributed by atoms with Crippen molar-refractivity contribution in [1.82, 2.24) is 10.6 Å². The van der Waals surface area contributed by atoms with E-state index < -0.39 is 0 Å². The third kappa shape index (κ3) is 4.87. The van der Waals surface area contributed by atoms with Crippen LogP contribution in [0.1, 0.15) is 39.2 Å². The van der Waals surface area contributed by atoms with Crippen molar-refractivity contribution >= 4 is 5.91 Å². The lowest BCUT2D eigenvalue weighted by Gasteiger charge is -2.32. The number of amides is 1. The highest BCUT2D eigenvalue weighted by molar-refractivity contribution is 5.82. The molecule has 0 spiro atoms. The van der Waals surface area contributed by atoms with Crippen LogP contribution in [0.5, 0.6) is 11.5 Å². The number of hydrogen-bond donors (Lipinski definition) is 2. The molecule has 1 atom stereocenters. The van der Waals surface area contributed by atoms with Gasteiger partial charge < -0.3 is 20.1 Å². The second kappa shape index (κ2) is 8.92. The summed E-state index contributed by atoms with van der Waals surface area (Å²) in [5, 5.41) is 6.39. The summed E-state index contributed by atoms with van der Waals surface area (Å²) in [6, 6.07) is 5.98. The normalized spacial score (nSPS) is 20.5. The molecule has 0 aliphatic carbocycles. The molecule has 1 aromatic carbocycles. The van der Waals surface area contributed by atoms with E-state index in [1.807, 2.05) is 39.0 Å². The number of ether oxygens (including phenoxy) is 2. The van der Waals surface area contributed by atoms with Crippen LogP contribution in [-0.2, 0) is 11.2 Å². The minimum absolute atomic E-state index is 0.144. The fourth-order valence-electron chi connectivity index (χ4n) is 3.03. The lowest BCUT2D eigenvalue weighted by molar-refractivity contribution is -0.131. The Morgan fingerprint density at radius 3 is 2.67 bits per heavy atom. The molecule has 134 valence electrons. The average molecular weight is 334 g/mol. The van der Waals surface area contributed by atoms with E-state index in [1.54, 1.807) is 0 Å². The number of benzene rings is 1. The first kappa shape index (κ1) is 18.6. The number of carbonyl (C=O) groups is 1. The fraction of sp³-hybridized carbons (Fsp3) is 0.632. The maximum atomic E-state index is 12.4. The van der Waals surface area contributed by atoms with Gasteiger partial charge in [0.15, 0.2) is 11.5 Å². The molecule has 0 aromatic heterocycles. The predicted molar refractivity (Wildman–Crippen MR) is 95.7 cm³/mol. The quantitative estimate of drug-likeness (QED) is 0.767. The first-order valence-corrected chi connectivity index (χ1v) is 8.96. The maximum absolute atomic E-state index is 12.4. The van der Waals surface area contributed by atoms with E-state index in [1.165, 1.54) is 0 Å². The summed E-state index contributed by atoms with van der Waals surface area (Å²) >= 11 is 0. The molecule has 2 N–H and O–H groups in total. The Balaban J connectivity index is 1.89. The molecule has 1 saturated heterocycles. The van der Waals surface area contributed by atoms with Crippen LogP contribution < -0.4 is 20.1 Å². The molecule has 0 bridgehead atoms. The molecule has 1 aromatic rings.